The summed E-state index contributed by atoms with van der Waals surface area (Å²) < 4.78 is 202. The SMILES string of the molecule is [2H]c1c([2H])c([2H])c(N(Cc2ccc(-n3c4c([2H])c([2H])c([2H])c([2H])c4c4c([2H])c([2H])c([2H])c([2H])c43)cc2)Cc2cc3c4c(c2)N(CCc2cc(-c5ccccc5)cc(-c5ccccc5)c2)c2cc(-n5c6ccc(C(C)(C)C)cc6c6cc(C(C)(C)C)ccc65)ccc2B4c2ccc(-n4c5c([2H])c([2H])c([2H])c([2H])c5c5c([2H])c([2H])c([2H])c([2H])c54)cc2N3CCCc2cc(-c3ccccc3)cc(-c3ccccc3)c2)c([2H])c1[2H]. The van der Waals surface area contributed by atoms with Crippen LogP contribution in [-0.2, 0) is 36.8 Å². The molecule has 0 spiro atoms. The van der Waals surface area contributed by atoms with Gasteiger partial charge in [-0.2, -0.15) is 0 Å². The number of hydrogen-bond donors (Lipinski definition) is 0. The lowest BCUT2D eigenvalue weighted by Gasteiger charge is -2.45. The van der Waals surface area contributed by atoms with Crippen LogP contribution in [0.4, 0.5) is 28.4 Å². The summed E-state index contributed by atoms with van der Waals surface area (Å²) in [7, 11) is 0. The van der Waals surface area contributed by atoms with Crippen LogP contribution in [0.25, 0.3) is 127 Å². The van der Waals surface area contributed by atoms with Crippen molar-refractivity contribution in [1.82, 2.24) is 13.7 Å². The number of rotatable bonds is 19. The maximum absolute atomic E-state index is 10.0. The van der Waals surface area contributed by atoms with Crippen LogP contribution in [0.5, 0.6) is 0 Å². The van der Waals surface area contributed by atoms with Crippen LogP contribution >= 0.6 is 0 Å². The van der Waals surface area contributed by atoms with Gasteiger partial charge in [0.25, 0.3) is 6.71 Å². The van der Waals surface area contributed by atoms with Crippen LogP contribution in [0.3, 0.4) is 0 Å². The number of nitrogens with zero attached hydrogens (tertiary/aromatic N) is 6. The number of hydrogen-bond acceptors (Lipinski definition) is 3. The van der Waals surface area contributed by atoms with Crippen molar-refractivity contribution in [3.8, 4) is 61.6 Å². The summed E-state index contributed by atoms with van der Waals surface area (Å²) in [6.45, 7) is 13.0. The van der Waals surface area contributed by atoms with Gasteiger partial charge in [0.05, 0.1) is 61.9 Å². The van der Waals surface area contributed by atoms with E-state index < -0.39 is 134 Å². The zero-order valence-corrected chi connectivity index (χ0v) is 69.6. The van der Waals surface area contributed by atoms with E-state index in [1.54, 1.807) is 33.7 Å². The second-order valence-corrected chi connectivity index (χ2v) is 34.8. The van der Waals surface area contributed by atoms with Gasteiger partial charge in [-0.25, -0.2) is 0 Å². The molecule has 0 radical (unpaired) electrons. The maximum Gasteiger partial charge on any atom is 0.252 e. The fourth-order valence-electron chi connectivity index (χ4n) is 19.0. The second kappa shape index (κ2) is 30.9. The standard InChI is InChI=1S/C117H97BN6/c1-116(2,3)91-52-60-109-101(73-91)102-74-92(117(4,5)6)53-61-110(102)124(109)96-57-59-104-112(76-96)121(64-62-81-67-89(85-36-16-9-17-37-85)72-90(68-81)86-38-18-10-19-39-86)114-70-82(78-119(93-40-20-11-21-41-93)77-79-50-54-94(55-51-79)122-105-46-26-22-42-97(105)98-43-23-27-47-106(98)122)69-113-115(114)118(104)103-58-56-95(123-107-48-28-24-44-99(107)100-45-25-29-49-108(100)123)75-111(103)120(113)63-30-31-80-65-87(83-32-12-7-13-33-83)71-88(66-80)84-34-14-8-15-35-84/h7-29,32-61,65-76H,30-31,62-64,77-78H2,1-6H3/i11D,20D,21D,22D,23D,24D,25D,26D,27D,28D,29D,40D,41D,42D,43D,44D,45D,46D,47D,48D,49D. The molecule has 2 aliphatic rings. The molecule has 22 rings (SSSR count). The van der Waals surface area contributed by atoms with Crippen molar-refractivity contribution in [3.63, 3.8) is 0 Å². The van der Waals surface area contributed by atoms with Crippen LogP contribution in [0.1, 0.15) is 110 Å². The first-order valence-corrected chi connectivity index (χ1v) is 42.5. The Labute approximate surface area is 757 Å². The Morgan fingerprint density at radius 1 is 0.282 bits per heavy atom. The molecule has 17 aromatic carbocycles. The first-order valence-electron chi connectivity index (χ1n) is 53.0. The highest BCUT2D eigenvalue weighted by Gasteiger charge is 2.44. The van der Waals surface area contributed by atoms with Crippen LogP contribution in [0.15, 0.2) is 394 Å². The lowest BCUT2D eigenvalue weighted by molar-refractivity contribution is 0.590. The highest BCUT2D eigenvalue weighted by molar-refractivity contribution is 7.00. The third kappa shape index (κ3) is 13.7. The molecule has 0 bridgehead atoms. The molecule has 5 heterocycles. The highest BCUT2D eigenvalue weighted by atomic mass is 15.2. The third-order valence-electron chi connectivity index (χ3n) is 25.0. The van der Waals surface area contributed by atoms with E-state index in [1.165, 1.54) is 15.7 Å². The molecule has 0 saturated carbocycles. The van der Waals surface area contributed by atoms with Gasteiger partial charge in [-0.15, -0.1) is 0 Å². The molecule has 598 valence electrons. The molecule has 0 atom stereocenters. The number of benzene rings is 17. The summed E-state index contributed by atoms with van der Waals surface area (Å²) >= 11 is 0. The molecule has 0 fully saturated rings. The lowest BCUT2D eigenvalue weighted by Crippen LogP contribution is -2.62. The topological polar surface area (TPSA) is 24.5 Å². The molecule has 20 aromatic rings. The number of aromatic nitrogens is 3. The van der Waals surface area contributed by atoms with Gasteiger partial charge >= 0.3 is 0 Å². The van der Waals surface area contributed by atoms with Crippen molar-refractivity contribution >= 4 is 117 Å². The van der Waals surface area contributed by atoms with Gasteiger partial charge in [-0.05, 0) is 246 Å². The average molecular weight is 1620 g/mol. The monoisotopic (exact) mass is 1620 g/mol. The molecular weight excluding hydrogens is 1500 g/mol. The van der Waals surface area contributed by atoms with E-state index in [4.69, 9.17) is 9.60 Å². The average Bonchev–Trinajstić information content (AvgIpc) is 1.68. The van der Waals surface area contributed by atoms with Crippen LogP contribution in [-0.4, -0.2) is 33.5 Å². The minimum Gasteiger partial charge on any atom is -0.363 e. The predicted molar refractivity (Wildman–Crippen MR) is 528 cm³/mol. The van der Waals surface area contributed by atoms with Crippen LogP contribution < -0.4 is 31.1 Å². The Balaban J connectivity index is 0.817. The third-order valence-corrected chi connectivity index (χ3v) is 25.0. The smallest absolute Gasteiger partial charge is 0.252 e. The van der Waals surface area contributed by atoms with Gasteiger partial charge in [0.2, 0.25) is 0 Å². The van der Waals surface area contributed by atoms with E-state index in [2.05, 4.69) is 214 Å². The van der Waals surface area contributed by atoms with E-state index in [9.17, 15) is 19.2 Å². The van der Waals surface area contributed by atoms with E-state index in [-0.39, 0.29) is 85.5 Å². The summed E-state index contributed by atoms with van der Waals surface area (Å²) in [4.78, 5) is 6.49. The van der Waals surface area contributed by atoms with Crippen molar-refractivity contribution in [1.29, 1.82) is 0 Å². The zero-order chi connectivity index (χ0) is 102. The zero-order valence-electron chi connectivity index (χ0n) is 90.6. The first kappa shape index (κ1) is 56.2. The number of para-hydroxylation sites is 5. The predicted octanol–water partition coefficient (Wildman–Crippen LogP) is 27.7. The van der Waals surface area contributed by atoms with E-state index in [0.717, 1.165) is 111 Å². The Morgan fingerprint density at radius 3 is 1.08 bits per heavy atom. The maximum atomic E-state index is 10.0. The Hall–Kier alpha value is -14.4. The minimum atomic E-state index is -0.650. The Bertz CT molecular complexity index is 8470. The van der Waals surface area contributed by atoms with Crippen molar-refractivity contribution in [2.45, 2.75) is 84.7 Å². The van der Waals surface area contributed by atoms with Crippen LogP contribution in [0.2, 0.25) is 0 Å². The number of fused-ring (bicyclic) bond motifs is 13. The minimum absolute atomic E-state index is 0.0562. The van der Waals surface area contributed by atoms with E-state index in [0.29, 0.717) is 54.0 Å². The van der Waals surface area contributed by atoms with Crippen molar-refractivity contribution < 1.29 is 28.8 Å². The molecule has 124 heavy (non-hydrogen) atoms. The summed E-state index contributed by atoms with van der Waals surface area (Å²) in [5.74, 6) is 0. The summed E-state index contributed by atoms with van der Waals surface area (Å²) in [6, 6.07) is 80.8. The lowest BCUT2D eigenvalue weighted by atomic mass is 9.33. The fraction of sp³-hybridized carbons (Fsp3) is 0.128. The molecule has 2 aliphatic heterocycles. The van der Waals surface area contributed by atoms with Crippen molar-refractivity contribution in [2.75, 3.05) is 27.8 Å². The summed E-state index contributed by atoms with van der Waals surface area (Å²) in [5, 5.41) is 1.81. The van der Waals surface area contributed by atoms with Gasteiger partial charge in [0.1, 0.15) is 0 Å². The van der Waals surface area contributed by atoms with Crippen molar-refractivity contribution in [2.24, 2.45) is 0 Å². The van der Waals surface area contributed by atoms with Gasteiger partial charge in [-0.1, -0.05) is 314 Å². The largest absolute Gasteiger partial charge is 0.363 e. The van der Waals surface area contributed by atoms with Gasteiger partial charge < -0.3 is 28.4 Å². The molecule has 6 nitrogen and oxygen atoms in total. The quantitative estimate of drug-likeness (QED) is 0.0754. The second-order valence-electron chi connectivity index (χ2n) is 34.8. The molecular formula is C117H97BN6. The Morgan fingerprint density at radius 2 is 0.653 bits per heavy atom. The Kier molecular flexibility index (Phi) is 14.0. The highest BCUT2D eigenvalue weighted by Crippen LogP contribution is 2.46. The molecule has 0 unspecified atom stereocenters. The normalized spacial score (nSPS) is 15.0. The summed E-state index contributed by atoms with van der Waals surface area (Å²) in [6.07, 6.45) is 1.48. The molecule has 3 aromatic heterocycles. The molecule has 0 saturated heterocycles. The number of aryl methyl sites for hydroxylation is 1. The first-order chi connectivity index (χ1) is 69.4. The molecule has 7 heteroatoms. The molecule has 0 amide bonds. The van der Waals surface area contributed by atoms with Crippen LogP contribution in [0, 0.1) is 0 Å². The van der Waals surface area contributed by atoms with E-state index in [1.807, 2.05) is 84.9 Å². The fourth-order valence-corrected chi connectivity index (χ4v) is 19.0. The molecule has 0 N–H and O–H groups in total. The van der Waals surface area contributed by atoms with Crippen molar-refractivity contribution in [3.05, 3.63) is 427 Å². The molecule has 0 aliphatic carbocycles. The van der Waals surface area contributed by atoms with Gasteiger partial charge in [0.15, 0.2) is 0 Å². The summed E-state index contributed by atoms with van der Waals surface area (Å²) in [5.41, 5.74) is 22.0. The van der Waals surface area contributed by atoms with E-state index >= 15 is 0 Å². The number of anilines is 5. The van der Waals surface area contributed by atoms with Gasteiger partial charge in [0, 0.05) is 104 Å². The van der Waals surface area contributed by atoms with Gasteiger partial charge in [-0.3, -0.25) is 0 Å².